The molecule has 0 radical (unpaired) electrons. The van der Waals surface area contributed by atoms with Gasteiger partial charge in [-0.1, -0.05) is 11.6 Å². The van der Waals surface area contributed by atoms with Crippen LogP contribution in [0.1, 0.15) is 22.5 Å². The van der Waals surface area contributed by atoms with Gasteiger partial charge < -0.3 is 0 Å². The fourth-order valence-corrected chi connectivity index (χ4v) is 1.80. The van der Waals surface area contributed by atoms with E-state index in [1.807, 2.05) is 0 Å². The van der Waals surface area contributed by atoms with Gasteiger partial charge in [-0.2, -0.15) is 0 Å². The third kappa shape index (κ3) is 2.52. The zero-order valence-corrected chi connectivity index (χ0v) is 10.1. The first-order valence-corrected chi connectivity index (χ1v) is 5.11. The van der Waals surface area contributed by atoms with E-state index in [1.54, 1.807) is 22.6 Å². The number of hydrogen-bond donors (Lipinski definition) is 0. The summed E-state index contributed by atoms with van der Waals surface area (Å²) in [6, 6.07) is 0.938. The van der Waals surface area contributed by atoms with Crippen LogP contribution >= 0.6 is 45.8 Å². The summed E-state index contributed by atoms with van der Waals surface area (Å²) in [4.78, 5) is 14.2. The van der Waals surface area contributed by atoms with E-state index in [4.69, 9.17) is 23.2 Å². The van der Waals surface area contributed by atoms with Crippen LogP contribution in [0.15, 0.2) is 6.07 Å². The average Bonchev–Trinajstić information content (AvgIpc) is 2.08. The van der Waals surface area contributed by atoms with Crippen molar-refractivity contribution in [1.29, 1.82) is 0 Å². The van der Waals surface area contributed by atoms with Crippen molar-refractivity contribution in [2.45, 2.75) is 6.43 Å². The van der Waals surface area contributed by atoms with Gasteiger partial charge in [0.2, 0.25) is 0 Å². The summed E-state index contributed by atoms with van der Waals surface area (Å²) >= 11 is 12.4. The Morgan fingerprint density at radius 3 is 2.57 bits per heavy atom. The van der Waals surface area contributed by atoms with Gasteiger partial charge in [-0.15, -0.1) is 0 Å². The minimum Gasteiger partial charge on any atom is -0.276 e. The van der Waals surface area contributed by atoms with E-state index in [-0.39, 0.29) is 14.3 Å². The average molecular weight is 352 g/mol. The molecule has 76 valence electrons. The molecule has 0 amide bonds. The van der Waals surface area contributed by atoms with E-state index < -0.39 is 17.4 Å². The number of hydrogen-bond acceptors (Lipinski definition) is 2. The van der Waals surface area contributed by atoms with Crippen molar-refractivity contribution in [2.75, 3.05) is 0 Å². The van der Waals surface area contributed by atoms with Crippen molar-refractivity contribution < 1.29 is 13.6 Å². The van der Waals surface area contributed by atoms with Gasteiger partial charge in [-0.25, -0.2) is 13.8 Å². The Labute approximate surface area is 102 Å². The van der Waals surface area contributed by atoms with Gasteiger partial charge in [0.05, 0.1) is 9.13 Å². The summed E-state index contributed by atoms with van der Waals surface area (Å²) in [7, 11) is 0. The molecular formula is C7H2Cl2F2INO. The van der Waals surface area contributed by atoms with Crippen molar-refractivity contribution in [3.63, 3.8) is 0 Å². The van der Waals surface area contributed by atoms with Crippen LogP contribution in [0.3, 0.4) is 0 Å². The molecule has 1 rings (SSSR count). The normalized spacial score (nSPS) is 10.7. The maximum absolute atomic E-state index is 12.2. The highest BCUT2D eigenvalue weighted by molar-refractivity contribution is 14.1. The number of pyridine rings is 1. The zero-order valence-electron chi connectivity index (χ0n) is 6.40. The molecule has 1 heterocycles. The van der Waals surface area contributed by atoms with E-state index in [1.165, 1.54) is 0 Å². The Hall–Kier alpha value is -0.0100. The summed E-state index contributed by atoms with van der Waals surface area (Å²) in [5, 5.41) is -0.979. The maximum atomic E-state index is 12.2. The van der Waals surface area contributed by atoms with Crippen LogP contribution < -0.4 is 0 Å². The highest BCUT2D eigenvalue weighted by Gasteiger charge is 2.18. The summed E-state index contributed by atoms with van der Waals surface area (Å²) in [6.07, 6.45) is -2.78. The maximum Gasteiger partial charge on any atom is 0.280 e. The second kappa shape index (κ2) is 4.67. The summed E-state index contributed by atoms with van der Waals surface area (Å²) in [5.74, 6) is 0. The van der Waals surface area contributed by atoms with Gasteiger partial charge >= 0.3 is 0 Å². The van der Waals surface area contributed by atoms with E-state index in [0.717, 1.165) is 6.07 Å². The van der Waals surface area contributed by atoms with Crippen molar-refractivity contribution in [2.24, 2.45) is 0 Å². The first-order valence-electron chi connectivity index (χ1n) is 3.27. The van der Waals surface area contributed by atoms with Gasteiger partial charge in [0.15, 0.2) is 0 Å². The van der Waals surface area contributed by atoms with E-state index in [2.05, 4.69) is 4.98 Å². The molecule has 0 saturated heterocycles. The van der Waals surface area contributed by atoms with Crippen LogP contribution in [0.4, 0.5) is 8.78 Å². The number of aromatic nitrogens is 1. The quantitative estimate of drug-likeness (QED) is 0.462. The lowest BCUT2D eigenvalue weighted by Crippen LogP contribution is -2.01. The Morgan fingerprint density at radius 1 is 1.57 bits per heavy atom. The summed E-state index contributed by atoms with van der Waals surface area (Å²) < 4.78 is 24.8. The van der Waals surface area contributed by atoms with E-state index in [0.29, 0.717) is 0 Å². The molecule has 2 nitrogen and oxygen atoms in total. The minimum atomic E-state index is -2.78. The molecule has 0 unspecified atom stereocenters. The summed E-state index contributed by atoms with van der Waals surface area (Å²) in [5.41, 5.74) is -0.609. The number of nitrogens with zero attached hydrogens (tertiary/aromatic N) is 1. The van der Waals surface area contributed by atoms with Crippen LogP contribution in [0.5, 0.6) is 0 Å². The fraction of sp³-hybridized carbons (Fsp3) is 0.143. The summed E-state index contributed by atoms with van der Waals surface area (Å²) in [6.45, 7) is 0. The Bertz CT molecular complexity index is 386. The van der Waals surface area contributed by atoms with Crippen molar-refractivity contribution in [1.82, 2.24) is 4.98 Å². The van der Waals surface area contributed by atoms with Crippen LogP contribution in [0.2, 0.25) is 5.15 Å². The highest BCUT2D eigenvalue weighted by Crippen LogP contribution is 2.26. The molecule has 0 spiro atoms. The lowest BCUT2D eigenvalue weighted by molar-refractivity contribution is 0.107. The molecule has 0 bridgehead atoms. The molecule has 1 aromatic rings. The fourth-order valence-electron chi connectivity index (χ4n) is 0.772. The lowest BCUT2D eigenvalue weighted by Gasteiger charge is -2.04. The largest absolute Gasteiger partial charge is 0.280 e. The predicted molar refractivity (Wildman–Crippen MR) is 57.1 cm³/mol. The van der Waals surface area contributed by atoms with E-state index in [9.17, 15) is 13.6 Å². The van der Waals surface area contributed by atoms with Crippen LogP contribution in [0.25, 0.3) is 0 Å². The Kier molecular flexibility index (Phi) is 4.03. The topological polar surface area (TPSA) is 30.0 Å². The third-order valence-electron chi connectivity index (χ3n) is 1.37. The number of halogens is 5. The number of carbonyl (C=O) groups is 1. The van der Waals surface area contributed by atoms with Crippen LogP contribution in [-0.2, 0) is 0 Å². The number of rotatable bonds is 2. The molecule has 0 fully saturated rings. The molecule has 0 saturated carbocycles. The van der Waals surface area contributed by atoms with E-state index >= 15 is 0 Å². The standard InChI is InChI=1S/C7H2Cl2F2INO/c8-5-4(12)2(6(9)14)1-3(13-5)7(10)11/h1,7H. The molecular weight excluding hydrogens is 350 g/mol. The Morgan fingerprint density at radius 2 is 2.14 bits per heavy atom. The molecule has 7 heteroatoms. The first kappa shape index (κ1) is 12.1. The lowest BCUT2D eigenvalue weighted by atomic mass is 10.2. The van der Waals surface area contributed by atoms with Gasteiger partial charge in [0, 0.05) is 0 Å². The number of alkyl halides is 2. The van der Waals surface area contributed by atoms with Crippen molar-refractivity contribution in [3.05, 3.63) is 26.0 Å². The predicted octanol–water partition coefficient (Wildman–Crippen LogP) is 3.66. The monoisotopic (exact) mass is 351 g/mol. The second-order valence-electron chi connectivity index (χ2n) is 2.27. The smallest absolute Gasteiger partial charge is 0.276 e. The highest BCUT2D eigenvalue weighted by atomic mass is 127. The van der Waals surface area contributed by atoms with Crippen molar-refractivity contribution >= 4 is 51.0 Å². The van der Waals surface area contributed by atoms with Crippen LogP contribution in [-0.4, -0.2) is 10.2 Å². The van der Waals surface area contributed by atoms with Gasteiger partial charge in [-0.05, 0) is 40.3 Å². The number of carbonyl (C=O) groups excluding carboxylic acids is 1. The molecule has 0 atom stereocenters. The molecule has 14 heavy (non-hydrogen) atoms. The van der Waals surface area contributed by atoms with Gasteiger partial charge in [-0.3, -0.25) is 4.79 Å². The first-order chi connectivity index (χ1) is 6.43. The SMILES string of the molecule is O=C(Cl)c1cc(C(F)F)nc(Cl)c1I. The molecule has 0 aliphatic carbocycles. The van der Waals surface area contributed by atoms with Gasteiger partial charge in [0.1, 0.15) is 10.8 Å². The molecule has 0 aliphatic rings. The minimum absolute atomic E-state index is 0.0532. The van der Waals surface area contributed by atoms with Crippen LogP contribution in [0, 0.1) is 3.57 Å². The molecule has 0 aliphatic heterocycles. The molecule has 1 aromatic heterocycles. The van der Waals surface area contributed by atoms with Gasteiger partial charge in [0.25, 0.3) is 11.7 Å². The second-order valence-corrected chi connectivity index (χ2v) is 4.05. The Balaban J connectivity index is 3.35. The third-order valence-corrected chi connectivity index (χ3v) is 3.26. The molecule has 0 N–H and O–H groups in total. The zero-order chi connectivity index (χ0) is 10.9. The molecule has 0 aromatic carbocycles. The van der Waals surface area contributed by atoms with Crippen molar-refractivity contribution in [3.8, 4) is 0 Å².